The zero-order valence-corrected chi connectivity index (χ0v) is 15.0. The molecule has 0 saturated carbocycles. The summed E-state index contributed by atoms with van der Waals surface area (Å²) >= 11 is 0. The molecule has 2 N–H and O–H groups in total. The molecule has 0 spiro atoms. The maximum atomic E-state index is 13.4. The van der Waals surface area contributed by atoms with Crippen molar-refractivity contribution >= 4 is 27.7 Å². The molecule has 0 aliphatic rings. The lowest BCUT2D eigenvalue weighted by molar-refractivity contribution is -0.121. The molecule has 4 rings (SSSR count). The SMILES string of the molecule is COc1ccc2c(ccn2CC(=O)NCCc2c[nH]c3ccc(F)cc23)c1. The van der Waals surface area contributed by atoms with E-state index in [0.717, 1.165) is 33.1 Å². The number of aromatic nitrogens is 2. The largest absolute Gasteiger partial charge is 0.497 e. The average Bonchev–Trinajstić information content (AvgIpc) is 3.25. The second-order valence-corrected chi connectivity index (χ2v) is 6.47. The summed E-state index contributed by atoms with van der Waals surface area (Å²) in [6, 6.07) is 12.4. The van der Waals surface area contributed by atoms with Gasteiger partial charge in [-0.1, -0.05) is 0 Å². The third-order valence-corrected chi connectivity index (χ3v) is 4.74. The lowest BCUT2D eigenvalue weighted by Crippen LogP contribution is -2.29. The van der Waals surface area contributed by atoms with E-state index >= 15 is 0 Å². The summed E-state index contributed by atoms with van der Waals surface area (Å²) in [7, 11) is 1.63. The molecule has 6 heteroatoms. The van der Waals surface area contributed by atoms with Crippen molar-refractivity contribution in [3.8, 4) is 5.75 Å². The fourth-order valence-electron chi connectivity index (χ4n) is 3.35. The first-order valence-corrected chi connectivity index (χ1v) is 8.79. The smallest absolute Gasteiger partial charge is 0.239 e. The molecule has 2 heterocycles. The van der Waals surface area contributed by atoms with Crippen LogP contribution in [0.1, 0.15) is 5.56 Å². The summed E-state index contributed by atoms with van der Waals surface area (Å²) < 4.78 is 20.6. The number of hydrogen-bond donors (Lipinski definition) is 2. The van der Waals surface area contributed by atoms with Gasteiger partial charge in [-0.05, 0) is 54.4 Å². The van der Waals surface area contributed by atoms with E-state index in [1.165, 1.54) is 12.1 Å². The van der Waals surface area contributed by atoms with Gasteiger partial charge >= 0.3 is 0 Å². The highest BCUT2D eigenvalue weighted by molar-refractivity contribution is 5.85. The van der Waals surface area contributed by atoms with Crippen LogP contribution in [0, 0.1) is 5.82 Å². The van der Waals surface area contributed by atoms with Crippen LogP contribution in [-0.2, 0) is 17.8 Å². The molecule has 0 aliphatic heterocycles. The van der Waals surface area contributed by atoms with Crippen molar-refractivity contribution in [2.24, 2.45) is 0 Å². The van der Waals surface area contributed by atoms with Gasteiger partial charge in [0.1, 0.15) is 18.1 Å². The third-order valence-electron chi connectivity index (χ3n) is 4.74. The summed E-state index contributed by atoms with van der Waals surface area (Å²) in [4.78, 5) is 15.4. The number of carbonyl (C=O) groups excluding carboxylic acids is 1. The van der Waals surface area contributed by atoms with Crippen LogP contribution in [0.4, 0.5) is 4.39 Å². The number of ether oxygens (including phenoxy) is 1. The van der Waals surface area contributed by atoms with Crippen molar-refractivity contribution in [2.75, 3.05) is 13.7 Å². The van der Waals surface area contributed by atoms with Crippen LogP contribution in [0.3, 0.4) is 0 Å². The maximum absolute atomic E-state index is 13.4. The molecule has 138 valence electrons. The first-order valence-electron chi connectivity index (χ1n) is 8.79. The van der Waals surface area contributed by atoms with E-state index in [1.54, 1.807) is 13.2 Å². The topological polar surface area (TPSA) is 59.0 Å². The molecular weight excluding hydrogens is 345 g/mol. The van der Waals surface area contributed by atoms with Crippen LogP contribution >= 0.6 is 0 Å². The number of rotatable bonds is 6. The standard InChI is InChI=1S/C21H20FN3O2/c1-27-17-3-5-20-14(10-17)7-9-25(20)13-21(26)23-8-6-15-12-24-19-4-2-16(22)11-18(15)19/h2-5,7,9-12,24H,6,8,13H2,1H3,(H,23,26). The summed E-state index contributed by atoms with van der Waals surface area (Å²) in [5.41, 5.74) is 2.87. The van der Waals surface area contributed by atoms with Gasteiger partial charge < -0.3 is 19.6 Å². The summed E-state index contributed by atoms with van der Waals surface area (Å²) in [6.45, 7) is 0.744. The van der Waals surface area contributed by atoms with Gasteiger partial charge in [0.25, 0.3) is 0 Å². The molecule has 2 aromatic heterocycles. The van der Waals surface area contributed by atoms with Crippen molar-refractivity contribution in [3.63, 3.8) is 0 Å². The fourth-order valence-corrected chi connectivity index (χ4v) is 3.35. The van der Waals surface area contributed by atoms with Crippen LogP contribution in [0.15, 0.2) is 54.9 Å². The van der Waals surface area contributed by atoms with Crippen molar-refractivity contribution in [1.29, 1.82) is 0 Å². The second-order valence-electron chi connectivity index (χ2n) is 6.47. The molecule has 5 nitrogen and oxygen atoms in total. The third kappa shape index (κ3) is 3.51. The van der Waals surface area contributed by atoms with Crippen LogP contribution in [-0.4, -0.2) is 29.1 Å². The quantitative estimate of drug-likeness (QED) is 0.548. The van der Waals surface area contributed by atoms with Crippen molar-refractivity contribution in [2.45, 2.75) is 13.0 Å². The van der Waals surface area contributed by atoms with E-state index in [9.17, 15) is 9.18 Å². The van der Waals surface area contributed by atoms with Crippen LogP contribution in [0.25, 0.3) is 21.8 Å². The summed E-state index contributed by atoms with van der Waals surface area (Å²) in [6.07, 6.45) is 4.40. The van der Waals surface area contributed by atoms with Gasteiger partial charge in [0.05, 0.1) is 7.11 Å². The molecule has 0 radical (unpaired) electrons. The Morgan fingerprint density at radius 3 is 2.96 bits per heavy atom. The minimum absolute atomic E-state index is 0.0608. The molecular formula is C21H20FN3O2. The van der Waals surface area contributed by atoms with Gasteiger partial charge in [0.2, 0.25) is 5.91 Å². The maximum Gasteiger partial charge on any atom is 0.239 e. The first kappa shape index (κ1) is 17.1. The molecule has 0 aliphatic carbocycles. The molecule has 0 bridgehead atoms. The number of H-pyrrole nitrogens is 1. The zero-order chi connectivity index (χ0) is 18.8. The zero-order valence-electron chi connectivity index (χ0n) is 15.0. The Labute approximate surface area is 155 Å². The number of nitrogens with one attached hydrogen (secondary N) is 2. The van der Waals surface area contributed by atoms with Crippen molar-refractivity contribution in [1.82, 2.24) is 14.9 Å². The molecule has 0 unspecified atom stereocenters. The van der Waals surface area contributed by atoms with Gasteiger partial charge in [-0.3, -0.25) is 4.79 Å². The molecule has 0 atom stereocenters. The number of amides is 1. The minimum Gasteiger partial charge on any atom is -0.497 e. The van der Waals surface area contributed by atoms with Gasteiger partial charge in [-0.2, -0.15) is 0 Å². The number of nitrogens with zero attached hydrogens (tertiary/aromatic N) is 1. The minimum atomic E-state index is -0.261. The van der Waals surface area contributed by atoms with Gasteiger partial charge in [-0.15, -0.1) is 0 Å². The Kier molecular flexibility index (Phi) is 4.54. The molecule has 4 aromatic rings. The fraction of sp³-hybridized carbons (Fsp3) is 0.190. The van der Waals surface area contributed by atoms with E-state index in [1.807, 2.05) is 41.2 Å². The number of methoxy groups -OCH3 is 1. The number of hydrogen-bond acceptors (Lipinski definition) is 2. The van der Waals surface area contributed by atoms with E-state index < -0.39 is 0 Å². The Morgan fingerprint density at radius 1 is 1.22 bits per heavy atom. The Hall–Kier alpha value is -3.28. The molecule has 0 saturated heterocycles. The van der Waals surface area contributed by atoms with Gasteiger partial charge in [0, 0.05) is 40.7 Å². The normalized spacial score (nSPS) is 11.2. The highest BCUT2D eigenvalue weighted by atomic mass is 19.1. The van der Waals surface area contributed by atoms with Crippen LogP contribution < -0.4 is 10.1 Å². The highest BCUT2D eigenvalue weighted by Crippen LogP contribution is 2.22. The summed E-state index contributed by atoms with van der Waals surface area (Å²) in [5, 5.41) is 4.82. The predicted octanol–water partition coefficient (Wildman–Crippen LogP) is 3.63. The number of aromatic amines is 1. The van der Waals surface area contributed by atoms with Gasteiger partial charge in [-0.25, -0.2) is 4.39 Å². The van der Waals surface area contributed by atoms with E-state index in [2.05, 4.69) is 10.3 Å². The monoisotopic (exact) mass is 365 g/mol. The summed E-state index contributed by atoms with van der Waals surface area (Å²) in [5.74, 6) is 0.470. The van der Waals surface area contributed by atoms with E-state index in [4.69, 9.17) is 4.74 Å². The average molecular weight is 365 g/mol. The van der Waals surface area contributed by atoms with E-state index in [-0.39, 0.29) is 18.3 Å². The van der Waals surface area contributed by atoms with Crippen LogP contribution in [0.5, 0.6) is 5.75 Å². The van der Waals surface area contributed by atoms with Crippen molar-refractivity contribution < 1.29 is 13.9 Å². The van der Waals surface area contributed by atoms with Crippen molar-refractivity contribution in [3.05, 3.63) is 66.2 Å². The highest BCUT2D eigenvalue weighted by Gasteiger charge is 2.09. The predicted molar refractivity (Wildman–Crippen MR) is 103 cm³/mol. The lowest BCUT2D eigenvalue weighted by Gasteiger charge is -2.08. The molecule has 2 aromatic carbocycles. The second kappa shape index (κ2) is 7.15. The Balaban J connectivity index is 1.38. The van der Waals surface area contributed by atoms with Crippen LogP contribution in [0.2, 0.25) is 0 Å². The molecule has 1 amide bonds. The molecule has 0 fully saturated rings. The Bertz CT molecular complexity index is 1110. The van der Waals surface area contributed by atoms with Gasteiger partial charge in [0.15, 0.2) is 0 Å². The number of fused-ring (bicyclic) bond motifs is 2. The first-order chi connectivity index (χ1) is 13.1. The Morgan fingerprint density at radius 2 is 2.11 bits per heavy atom. The number of carbonyl (C=O) groups is 1. The number of halogens is 1. The van der Waals surface area contributed by atoms with E-state index in [0.29, 0.717) is 13.0 Å². The lowest BCUT2D eigenvalue weighted by atomic mass is 10.1. The number of benzene rings is 2. The molecule has 27 heavy (non-hydrogen) atoms.